The van der Waals surface area contributed by atoms with E-state index < -0.39 is 23.5 Å². The standard InChI is InChI=1S/C24H18N2O6S/c1-30-13-9-10-15-18(12-13)33-24(25-15)26-20(14-6-3-4-7-16(14)31-2)19(22(28)23(26)29)21(27)17-8-5-11-32-17/h3-12,20,28H,1-2H3/t20-/m0/s1. The number of rotatable bonds is 6. The van der Waals surface area contributed by atoms with E-state index in [4.69, 9.17) is 13.9 Å². The van der Waals surface area contributed by atoms with E-state index in [1.165, 1.54) is 35.7 Å². The summed E-state index contributed by atoms with van der Waals surface area (Å²) in [5.41, 5.74) is 1.09. The van der Waals surface area contributed by atoms with Crippen molar-refractivity contribution in [3.8, 4) is 11.5 Å². The molecule has 0 spiro atoms. The fourth-order valence-electron chi connectivity index (χ4n) is 3.88. The van der Waals surface area contributed by atoms with Crippen LogP contribution in [0.25, 0.3) is 10.2 Å². The fourth-order valence-corrected chi connectivity index (χ4v) is 4.91. The van der Waals surface area contributed by atoms with E-state index in [2.05, 4.69) is 4.98 Å². The number of hydrogen-bond donors (Lipinski definition) is 1. The van der Waals surface area contributed by atoms with Gasteiger partial charge in [0.1, 0.15) is 17.5 Å². The fraction of sp³-hybridized carbons (Fsp3) is 0.125. The van der Waals surface area contributed by atoms with Crippen molar-refractivity contribution in [2.45, 2.75) is 6.04 Å². The topological polar surface area (TPSA) is 102 Å². The number of benzene rings is 2. The molecule has 33 heavy (non-hydrogen) atoms. The van der Waals surface area contributed by atoms with Gasteiger partial charge in [-0.2, -0.15) is 0 Å². The van der Waals surface area contributed by atoms with Crippen molar-refractivity contribution in [3.05, 3.63) is 83.5 Å². The first-order valence-corrected chi connectivity index (χ1v) is 10.8. The van der Waals surface area contributed by atoms with E-state index in [0.717, 1.165) is 4.70 Å². The molecule has 1 amide bonds. The van der Waals surface area contributed by atoms with Crippen LogP contribution in [0.3, 0.4) is 0 Å². The number of nitrogens with zero attached hydrogens (tertiary/aromatic N) is 2. The number of aliphatic hydroxyl groups is 1. The zero-order chi connectivity index (χ0) is 23.1. The number of ketones is 1. The van der Waals surface area contributed by atoms with Gasteiger partial charge in [0.05, 0.1) is 36.3 Å². The third-order valence-corrected chi connectivity index (χ3v) is 6.44. The quantitative estimate of drug-likeness (QED) is 0.415. The molecule has 1 atom stereocenters. The summed E-state index contributed by atoms with van der Waals surface area (Å²) in [7, 11) is 3.07. The summed E-state index contributed by atoms with van der Waals surface area (Å²) in [5, 5.41) is 11.2. The molecular weight excluding hydrogens is 444 g/mol. The summed E-state index contributed by atoms with van der Waals surface area (Å²) in [4.78, 5) is 32.5. The highest BCUT2D eigenvalue weighted by Crippen LogP contribution is 2.46. The number of amides is 1. The minimum Gasteiger partial charge on any atom is -0.503 e. The average molecular weight is 462 g/mol. The number of Topliss-reactive ketones (excluding diaryl/α,β-unsaturated/α-hetero) is 1. The number of aliphatic hydroxyl groups excluding tert-OH is 1. The highest BCUT2D eigenvalue weighted by Gasteiger charge is 2.47. The minimum atomic E-state index is -0.964. The van der Waals surface area contributed by atoms with Gasteiger partial charge in [-0.25, -0.2) is 4.98 Å². The molecule has 8 nitrogen and oxygen atoms in total. The zero-order valence-corrected chi connectivity index (χ0v) is 18.5. The van der Waals surface area contributed by atoms with Crippen LogP contribution in [-0.4, -0.2) is 36.0 Å². The maximum Gasteiger partial charge on any atom is 0.296 e. The van der Waals surface area contributed by atoms with Crippen LogP contribution in [0.4, 0.5) is 5.13 Å². The number of para-hydroxylation sites is 1. The number of anilines is 1. The summed E-state index contributed by atoms with van der Waals surface area (Å²) in [6, 6.07) is 14.5. The monoisotopic (exact) mass is 462 g/mol. The number of carbonyl (C=O) groups is 2. The first-order chi connectivity index (χ1) is 16.0. The summed E-state index contributed by atoms with van der Waals surface area (Å²) in [6.45, 7) is 0. The highest BCUT2D eigenvalue weighted by atomic mass is 32.1. The Balaban J connectivity index is 1.70. The van der Waals surface area contributed by atoms with Gasteiger partial charge in [-0.1, -0.05) is 29.5 Å². The minimum absolute atomic E-state index is 0.0140. The molecule has 1 aliphatic rings. The van der Waals surface area contributed by atoms with Crippen LogP contribution in [0.15, 0.2) is 76.6 Å². The maximum absolute atomic E-state index is 13.3. The van der Waals surface area contributed by atoms with Crippen molar-refractivity contribution in [2.24, 2.45) is 0 Å². The molecule has 0 bridgehead atoms. The molecule has 5 rings (SSSR count). The van der Waals surface area contributed by atoms with Crippen LogP contribution in [0.1, 0.15) is 22.2 Å². The van der Waals surface area contributed by atoms with Crippen LogP contribution in [0.5, 0.6) is 11.5 Å². The smallest absolute Gasteiger partial charge is 0.296 e. The van der Waals surface area contributed by atoms with Gasteiger partial charge in [0.25, 0.3) is 5.91 Å². The lowest BCUT2D eigenvalue weighted by Crippen LogP contribution is -2.31. The van der Waals surface area contributed by atoms with Crippen molar-refractivity contribution in [3.63, 3.8) is 0 Å². The molecule has 0 unspecified atom stereocenters. The largest absolute Gasteiger partial charge is 0.503 e. The van der Waals surface area contributed by atoms with Gasteiger partial charge in [0, 0.05) is 5.56 Å². The third-order valence-electron chi connectivity index (χ3n) is 5.42. The predicted molar refractivity (Wildman–Crippen MR) is 122 cm³/mol. The molecule has 0 radical (unpaired) electrons. The van der Waals surface area contributed by atoms with Crippen LogP contribution in [0.2, 0.25) is 0 Å². The summed E-state index contributed by atoms with van der Waals surface area (Å²) >= 11 is 1.25. The Bertz CT molecular complexity index is 1410. The average Bonchev–Trinajstić information content (AvgIpc) is 3.57. The van der Waals surface area contributed by atoms with Crippen LogP contribution in [-0.2, 0) is 4.79 Å². The molecule has 2 aromatic carbocycles. The number of furan rings is 1. The molecule has 166 valence electrons. The maximum atomic E-state index is 13.3. The molecule has 4 aromatic rings. The first-order valence-electron chi connectivity index (χ1n) is 9.96. The first kappa shape index (κ1) is 20.8. The Morgan fingerprint density at radius 1 is 1.12 bits per heavy atom. The highest BCUT2D eigenvalue weighted by molar-refractivity contribution is 7.22. The molecule has 0 saturated carbocycles. The van der Waals surface area contributed by atoms with Crippen LogP contribution in [0, 0.1) is 0 Å². The second-order valence-corrected chi connectivity index (χ2v) is 8.23. The summed E-state index contributed by atoms with van der Waals surface area (Å²) in [6.07, 6.45) is 1.36. The Kier molecular flexibility index (Phi) is 5.10. The second-order valence-electron chi connectivity index (χ2n) is 7.22. The van der Waals surface area contributed by atoms with Gasteiger partial charge in [-0.15, -0.1) is 0 Å². The van der Waals surface area contributed by atoms with Gasteiger partial charge >= 0.3 is 0 Å². The normalized spacial score (nSPS) is 16.0. The van der Waals surface area contributed by atoms with Crippen molar-refractivity contribution in [2.75, 3.05) is 19.1 Å². The molecule has 0 saturated heterocycles. The molecule has 0 fully saturated rings. The van der Waals surface area contributed by atoms with Crippen molar-refractivity contribution in [1.29, 1.82) is 0 Å². The van der Waals surface area contributed by atoms with Gasteiger partial charge in [0.2, 0.25) is 5.78 Å². The summed E-state index contributed by atoms with van der Waals surface area (Å²) < 4.78 is 16.9. The third kappa shape index (κ3) is 3.33. The molecular formula is C24H18N2O6S. The Morgan fingerprint density at radius 3 is 2.67 bits per heavy atom. The molecule has 1 N–H and O–H groups in total. The molecule has 0 aliphatic carbocycles. The van der Waals surface area contributed by atoms with Crippen LogP contribution < -0.4 is 14.4 Å². The number of hydrogen-bond acceptors (Lipinski definition) is 8. The van der Waals surface area contributed by atoms with E-state index in [1.807, 2.05) is 6.07 Å². The molecule has 3 heterocycles. The summed E-state index contributed by atoms with van der Waals surface area (Å²) in [5.74, 6) is -0.841. The van der Waals surface area contributed by atoms with Crippen molar-refractivity contribution < 1.29 is 28.6 Å². The van der Waals surface area contributed by atoms with Crippen LogP contribution >= 0.6 is 11.3 Å². The Labute approximate surface area is 192 Å². The lowest BCUT2D eigenvalue weighted by atomic mass is 9.94. The lowest BCUT2D eigenvalue weighted by Gasteiger charge is -2.25. The number of thiazole rings is 1. The number of fused-ring (bicyclic) bond motifs is 1. The van der Waals surface area contributed by atoms with Gasteiger partial charge in [0.15, 0.2) is 16.7 Å². The Morgan fingerprint density at radius 2 is 1.94 bits per heavy atom. The van der Waals surface area contributed by atoms with E-state index in [0.29, 0.717) is 27.7 Å². The number of methoxy groups -OCH3 is 2. The molecule has 2 aromatic heterocycles. The van der Waals surface area contributed by atoms with Gasteiger partial charge < -0.3 is 19.0 Å². The molecule has 9 heteroatoms. The van der Waals surface area contributed by atoms with E-state index in [1.54, 1.807) is 49.6 Å². The number of carbonyl (C=O) groups excluding carboxylic acids is 2. The van der Waals surface area contributed by atoms with Gasteiger partial charge in [-0.05, 0) is 36.4 Å². The van der Waals surface area contributed by atoms with Gasteiger partial charge in [-0.3, -0.25) is 14.5 Å². The number of ether oxygens (including phenoxy) is 2. The Hall–Kier alpha value is -4.11. The van der Waals surface area contributed by atoms with E-state index in [9.17, 15) is 14.7 Å². The SMILES string of the molecule is COc1ccc2nc(N3C(=O)C(O)=C(C(=O)c4ccco4)[C@@H]3c3ccccc3OC)sc2c1. The predicted octanol–water partition coefficient (Wildman–Crippen LogP) is 4.69. The molecule has 1 aliphatic heterocycles. The van der Waals surface area contributed by atoms with E-state index in [-0.39, 0.29) is 11.3 Å². The number of aromatic nitrogens is 1. The zero-order valence-electron chi connectivity index (χ0n) is 17.6. The van der Waals surface area contributed by atoms with Crippen molar-refractivity contribution in [1.82, 2.24) is 4.98 Å². The van der Waals surface area contributed by atoms with Crippen molar-refractivity contribution >= 4 is 38.4 Å². The second kappa shape index (κ2) is 8.10. The lowest BCUT2D eigenvalue weighted by molar-refractivity contribution is -0.117. The van der Waals surface area contributed by atoms with E-state index >= 15 is 0 Å².